The summed E-state index contributed by atoms with van der Waals surface area (Å²) < 4.78 is 5.14. The Kier molecular flexibility index (Phi) is 6.69. The second-order valence-corrected chi connectivity index (χ2v) is 7.44. The molecule has 0 radical (unpaired) electrons. The van der Waals surface area contributed by atoms with Gasteiger partial charge in [-0.2, -0.15) is 0 Å². The van der Waals surface area contributed by atoms with Crippen LogP contribution in [-0.4, -0.2) is 43.9 Å². The van der Waals surface area contributed by atoms with Crippen LogP contribution in [0.5, 0.6) is 0 Å². The number of hydrogen-bond acceptors (Lipinski definition) is 5. The lowest BCUT2D eigenvalue weighted by Crippen LogP contribution is -2.28. The second-order valence-electron chi connectivity index (χ2n) is 7.44. The number of esters is 1. The van der Waals surface area contributed by atoms with Gasteiger partial charge in [0.2, 0.25) is 5.91 Å². The number of carbonyl (C=O) groups excluding carboxylic acids is 4. The molecule has 1 saturated heterocycles. The largest absolute Gasteiger partial charge is 0.455 e. The van der Waals surface area contributed by atoms with E-state index in [1.807, 2.05) is 32.0 Å². The van der Waals surface area contributed by atoms with Crippen LogP contribution in [0.15, 0.2) is 42.5 Å². The van der Waals surface area contributed by atoms with Crippen molar-refractivity contribution < 1.29 is 23.9 Å². The van der Waals surface area contributed by atoms with Crippen LogP contribution in [0.2, 0.25) is 0 Å². The van der Waals surface area contributed by atoms with Gasteiger partial charge in [0.15, 0.2) is 6.61 Å². The van der Waals surface area contributed by atoms with Gasteiger partial charge in [-0.3, -0.25) is 19.2 Å². The van der Waals surface area contributed by atoms with Crippen molar-refractivity contribution in [1.29, 1.82) is 0 Å². The number of amides is 3. The Hall–Kier alpha value is -3.68. The van der Waals surface area contributed by atoms with Crippen molar-refractivity contribution in [2.24, 2.45) is 5.92 Å². The van der Waals surface area contributed by atoms with Gasteiger partial charge in [0.1, 0.15) is 0 Å². The van der Waals surface area contributed by atoms with E-state index in [0.717, 1.165) is 16.8 Å². The second kappa shape index (κ2) is 9.42. The first-order chi connectivity index (χ1) is 14.8. The molecule has 0 unspecified atom stereocenters. The molecule has 1 aliphatic heterocycles. The Morgan fingerprint density at radius 1 is 1.13 bits per heavy atom. The van der Waals surface area contributed by atoms with Crippen LogP contribution in [0, 0.1) is 19.8 Å². The molecule has 0 spiro atoms. The normalized spacial score (nSPS) is 15.5. The molecule has 1 heterocycles. The average molecular weight is 423 g/mol. The highest BCUT2D eigenvalue weighted by Crippen LogP contribution is 2.29. The minimum absolute atomic E-state index is 0.0437. The lowest BCUT2D eigenvalue weighted by atomic mass is 10.1. The SMILES string of the molecule is CNC(=O)c1cccc(NC(=O)COC(=O)[C@H]2CC(=O)N(c3cccc(C)c3C)C2)c1. The van der Waals surface area contributed by atoms with Crippen molar-refractivity contribution in [3.63, 3.8) is 0 Å². The van der Waals surface area contributed by atoms with Crippen LogP contribution in [0.3, 0.4) is 0 Å². The highest BCUT2D eigenvalue weighted by atomic mass is 16.5. The van der Waals surface area contributed by atoms with Crippen molar-refractivity contribution in [2.75, 3.05) is 30.4 Å². The molecule has 31 heavy (non-hydrogen) atoms. The molecule has 3 amide bonds. The summed E-state index contributed by atoms with van der Waals surface area (Å²) in [5, 5.41) is 5.10. The Balaban J connectivity index is 1.55. The number of aryl methyl sites for hydroxylation is 1. The summed E-state index contributed by atoms with van der Waals surface area (Å²) in [6.07, 6.45) is 0.0437. The lowest BCUT2D eigenvalue weighted by molar-refractivity contribution is -0.151. The molecule has 1 fully saturated rings. The van der Waals surface area contributed by atoms with Crippen molar-refractivity contribution in [3.8, 4) is 0 Å². The first-order valence-corrected chi connectivity index (χ1v) is 9.95. The third-order valence-corrected chi connectivity index (χ3v) is 5.31. The number of rotatable bonds is 6. The van der Waals surface area contributed by atoms with Crippen molar-refractivity contribution in [2.45, 2.75) is 20.3 Å². The maximum absolute atomic E-state index is 12.5. The van der Waals surface area contributed by atoms with E-state index in [4.69, 9.17) is 4.74 Å². The van der Waals surface area contributed by atoms with E-state index in [1.54, 1.807) is 23.1 Å². The van der Waals surface area contributed by atoms with Crippen LogP contribution in [0.25, 0.3) is 0 Å². The van der Waals surface area contributed by atoms with Gasteiger partial charge in [-0.15, -0.1) is 0 Å². The Morgan fingerprint density at radius 3 is 2.61 bits per heavy atom. The summed E-state index contributed by atoms with van der Waals surface area (Å²) in [6.45, 7) is 3.65. The summed E-state index contributed by atoms with van der Waals surface area (Å²) in [7, 11) is 1.52. The molecular weight excluding hydrogens is 398 g/mol. The summed E-state index contributed by atoms with van der Waals surface area (Å²) in [4.78, 5) is 50.3. The molecule has 2 aromatic carbocycles. The van der Waals surface area contributed by atoms with Crippen LogP contribution in [-0.2, 0) is 19.1 Å². The Morgan fingerprint density at radius 2 is 1.87 bits per heavy atom. The number of nitrogens with zero attached hydrogens (tertiary/aromatic N) is 1. The number of hydrogen-bond donors (Lipinski definition) is 2. The quantitative estimate of drug-likeness (QED) is 0.693. The first-order valence-electron chi connectivity index (χ1n) is 9.95. The van der Waals surface area contributed by atoms with Gasteiger partial charge in [-0.25, -0.2) is 0 Å². The maximum atomic E-state index is 12.5. The number of anilines is 2. The summed E-state index contributed by atoms with van der Waals surface area (Å²) in [5.41, 5.74) is 3.65. The summed E-state index contributed by atoms with van der Waals surface area (Å²) in [5.74, 6) is -2.17. The smallest absolute Gasteiger partial charge is 0.311 e. The van der Waals surface area contributed by atoms with E-state index >= 15 is 0 Å². The van der Waals surface area contributed by atoms with Crippen molar-refractivity contribution >= 4 is 35.1 Å². The van der Waals surface area contributed by atoms with E-state index < -0.39 is 24.4 Å². The third kappa shape index (κ3) is 5.09. The molecular formula is C23H25N3O5. The van der Waals surface area contributed by atoms with Crippen LogP contribution < -0.4 is 15.5 Å². The maximum Gasteiger partial charge on any atom is 0.311 e. The van der Waals surface area contributed by atoms with Crippen molar-refractivity contribution in [3.05, 3.63) is 59.2 Å². The van der Waals surface area contributed by atoms with E-state index in [9.17, 15) is 19.2 Å². The van der Waals surface area contributed by atoms with Gasteiger partial charge < -0.3 is 20.3 Å². The third-order valence-electron chi connectivity index (χ3n) is 5.31. The molecule has 162 valence electrons. The van der Waals surface area contributed by atoms with Gasteiger partial charge in [-0.1, -0.05) is 18.2 Å². The molecule has 8 nitrogen and oxygen atoms in total. The zero-order valence-corrected chi connectivity index (χ0v) is 17.7. The number of nitrogens with one attached hydrogen (secondary N) is 2. The fourth-order valence-corrected chi connectivity index (χ4v) is 3.46. The van der Waals surface area contributed by atoms with Gasteiger partial charge in [0, 0.05) is 37.0 Å². The van der Waals surface area contributed by atoms with E-state index in [0.29, 0.717) is 11.3 Å². The molecule has 1 aliphatic rings. The average Bonchev–Trinajstić information content (AvgIpc) is 3.15. The number of carbonyl (C=O) groups is 4. The van der Waals surface area contributed by atoms with Gasteiger partial charge in [0.05, 0.1) is 5.92 Å². The Labute approximate surface area is 180 Å². The van der Waals surface area contributed by atoms with Gasteiger partial charge in [-0.05, 0) is 49.2 Å². The standard InChI is InChI=1S/C23H25N3O5/c1-14-6-4-9-19(15(14)2)26-12-17(11-21(26)28)23(30)31-13-20(27)25-18-8-5-7-16(10-18)22(29)24-3/h4-10,17H,11-13H2,1-3H3,(H,24,29)(H,25,27)/t17-/m0/s1. The van der Waals surface area contributed by atoms with E-state index in [-0.39, 0.29) is 24.8 Å². The van der Waals surface area contributed by atoms with Gasteiger partial charge in [0.25, 0.3) is 11.8 Å². The fraction of sp³-hybridized carbons (Fsp3) is 0.304. The Bertz CT molecular complexity index is 1030. The highest BCUT2D eigenvalue weighted by Gasteiger charge is 2.37. The van der Waals surface area contributed by atoms with Crippen LogP contribution in [0.4, 0.5) is 11.4 Å². The minimum Gasteiger partial charge on any atom is -0.455 e. The molecule has 1 atom stereocenters. The molecule has 2 N–H and O–H groups in total. The number of ether oxygens (including phenoxy) is 1. The highest BCUT2D eigenvalue weighted by molar-refractivity contribution is 6.01. The monoisotopic (exact) mass is 423 g/mol. The van der Waals surface area contributed by atoms with Crippen LogP contribution in [0.1, 0.15) is 27.9 Å². The molecule has 0 aromatic heterocycles. The number of benzene rings is 2. The van der Waals surface area contributed by atoms with Crippen LogP contribution >= 0.6 is 0 Å². The molecule has 2 aromatic rings. The zero-order valence-electron chi connectivity index (χ0n) is 17.7. The first kappa shape index (κ1) is 22.0. The van der Waals surface area contributed by atoms with Gasteiger partial charge >= 0.3 is 5.97 Å². The van der Waals surface area contributed by atoms with Crippen molar-refractivity contribution in [1.82, 2.24) is 5.32 Å². The van der Waals surface area contributed by atoms with E-state index in [2.05, 4.69) is 10.6 Å². The van der Waals surface area contributed by atoms with E-state index in [1.165, 1.54) is 13.1 Å². The predicted octanol–water partition coefficient (Wildman–Crippen LogP) is 2.20. The minimum atomic E-state index is -0.628. The molecule has 0 bridgehead atoms. The molecule has 0 aliphatic carbocycles. The molecule has 8 heteroatoms. The lowest BCUT2D eigenvalue weighted by Gasteiger charge is -2.20. The zero-order chi connectivity index (χ0) is 22.5. The summed E-state index contributed by atoms with van der Waals surface area (Å²) in [6, 6.07) is 12.1. The summed E-state index contributed by atoms with van der Waals surface area (Å²) >= 11 is 0. The predicted molar refractivity (Wildman–Crippen MR) is 116 cm³/mol. The molecule has 3 rings (SSSR count). The fourth-order valence-electron chi connectivity index (χ4n) is 3.46. The molecule has 0 saturated carbocycles. The topological polar surface area (TPSA) is 105 Å².